The summed E-state index contributed by atoms with van der Waals surface area (Å²) in [6, 6.07) is 6.90. The molecule has 2 aromatic rings. The van der Waals surface area contributed by atoms with Crippen molar-refractivity contribution < 1.29 is 14.6 Å². The van der Waals surface area contributed by atoms with E-state index in [9.17, 15) is 9.90 Å². The number of ether oxygens (including phenoxy) is 1. The predicted octanol–water partition coefficient (Wildman–Crippen LogP) is 1.26. The molecule has 0 spiro atoms. The van der Waals surface area contributed by atoms with Crippen LogP contribution in [0.3, 0.4) is 0 Å². The minimum atomic E-state index is -1.12. The Labute approximate surface area is 116 Å². The molecule has 0 aliphatic heterocycles. The Morgan fingerprint density at radius 3 is 2.65 bits per heavy atom. The Morgan fingerprint density at radius 2 is 2.10 bits per heavy atom. The summed E-state index contributed by atoms with van der Waals surface area (Å²) >= 11 is 0. The molecule has 1 atom stereocenters. The van der Waals surface area contributed by atoms with Crippen LogP contribution in [0.25, 0.3) is 11.3 Å². The van der Waals surface area contributed by atoms with E-state index in [-0.39, 0.29) is 11.8 Å². The van der Waals surface area contributed by atoms with E-state index in [0.717, 1.165) is 0 Å². The van der Waals surface area contributed by atoms with Crippen molar-refractivity contribution >= 4 is 11.7 Å². The fraction of sp³-hybridized carbons (Fsp3) is 0.308. The van der Waals surface area contributed by atoms with Gasteiger partial charge in [-0.15, -0.1) is 5.10 Å². The molecule has 0 bridgehead atoms. The average Bonchev–Trinajstić information content (AvgIpc) is 2.83. The van der Waals surface area contributed by atoms with E-state index in [1.54, 1.807) is 31.4 Å². The van der Waals surface area contributed by atoms with Crippen molar-refractivity contribution in [1.82, 2.24) is 15.0 Å². The van der Waals surface area contributed by atoms with Crippen LogP contribution in [0, 0.1) is 0 Å². The van der Waals surface area contributed by atoms with Crippen molar-refractivity contribution in [2.24, 2.45) is 0 Å². The third-order valence-electron chi connectivity index (χ3n) is 2.95. The summed E-state index contributed by atoms with van der Waals surface area (Å²) in [7, 11) is 1.59. The molecule has 7 nitrogen and oxygen atoms in total. The molecule has 0 amide bonds. The van der Waals surface area contributed by atoms with Gasteiger partial charge in [0.1, 0.15) is 5.69 Å². The van der Waals surface area contributed by atoms with Gasteiger partial charge in [0.2, 0.25) is 0 Å². The highest BCUT2D eigenvalue weighted by Crippen LogP contribution is 2.23. The second-order valence-corrected chi connectivity index (χ2v) is 4.44. The summed E-state index contributed by atoms with van der Waals surface area (Å²) in [5, 5.41) is 16.8. The summed E-state index contributed by atoms with van der Waals surface area (Å²) < 4.78 is 6.71. The Morgan fingerprint density at radius 1 is 1.45 bits per heavy atom. The van der Waals surface area contributed by atoms with Crippen LogP contribution in [0.5, 0.6) is 0 Å². The zero-order chi connectivity index (χ0) is 14.7. The first kappa shape index (κ1) is 14.0. The number of methoxy groups -OCH3 is 1. The zero-order valence-corrected chi connectivity index (χ0v) is 11.3. The molecule has 7 heteroatoms. The average molecular weight is 276 g/mol. The maximum absolute atomic E-state index is 11.3. The van der Waals surface area contributed by atoms with Crippen molar-refractivity contribution in [3.8, 4) is 11.3 Å². The Hall–Kier alpha value is -2.41. The smallest absolute Gasteiger partial charge is 0.358 e. The van der Waals surface area contributed by atoms with Crippen molar-refractivity contribution in [3.63, 3.8) is 0 Å². The SMILES string of the molecule is COC(C)Cn1nnc(C(=O)O)c1-c1ccc(N)cc1. The topological polar surface area (TPSA) is 103 Å². The Balaban J connectivity index is 2.49. The Kier molecular flexibility index (Phi) is 3.99. The van der Waals surface area contributed by atoms with Crippen LogP contribution < -0.4 is 5.73 Å². The summed E-state index contributed by atoms with van der Waals surface area (Å²) in [6.07, 6.45) is -0.106. The number of nitrogens with two attached hydrogens (primary N) is 1. The lowest BCUT2D eigenvalue weighted by Crippen LogP contribution is -2.17. The molecule has 0 fully saturated rings. The van der Waals surface area contributed by atoms with E-state index < -0.39 is 5.97 Å². The van der Waals surface area contributed by atoms with Crippen LogP contribution in [-0.2, 0) is 11.3 Å². The van der Waals surface area contributed by atoms with Gasteiger partial charge in [0.25, 0.3) is 0 Å². The van der Waals surface area contributed by atoms with Gasteiger partial charge in [-0.3, -0.25) is 0 Å². The molecule has 3 N–H and O–H groups in total. The van der Waals surface area contributed by atoms with E-state index >= 15 is 0 Å². The fourth-order valence-corrected chi connectivity index (χ4v) is 1.83. The van der Waals surface area contributed by atoms with Gasteiger partial charge in [0.05, 0.1) is 12.6 Å². The van der Waals surface area contributed by atoms with Crippen molar-refractivity contribution in [2.45, 2.75) is 19.6 Å². The summed E-state index contributed by atoms with van der Waals surface area (Å²) in [5.74, 6) is -1.12. The lowest BCUT2D eigenvalue weighted by atomic mass is 10.1. The standard InChI is InChI=1S/C13H16N4O3/c1-8(20-2)7-17-12(11(13(18)19)15-16-17)9-3-5-10(14)6-4-9/h3-6,8H,7,14H2,1-2H3,(H,18,19). The second kappa shape index (κ2) is 5.70. The van der Waals surface area contributed by atoms with Gasteiger partial charge >= 0.3 is 5.97 Å². The molecule has 0 aliphatic rings. The van der Waals surface area contributed by atoms with Crippen LogP contribution >= 0.6 is 0 Å². The molecule has 20 heavy (non-hydrogen) atoms. The van der Waals surface area contributed by atoms with E-state index in [1.807, 2.05) is 6.92 Å². The van der Waals surface area contributed by atoms with Crippen LogP contribution in [0.2, 0.25) is 0 Å². The number of nitrogens with zero attached hydrogens (tertiary/aromatic N) is 3. The highest BCUT2D eigenvalue weighted by Gasteiger charge is 2.21. The highest BCUT2D eigenvalue weighted by molar-refractivity contribution is 5.92. The number of nitrogen functional groups attached to an aromatic ring is 1. The van der Waals surface area contributed by atoms with Gasteiger partial charge in [-0.1, -0.05) is 17.3 Å². The molecule has 1 unspecified atom stereocenters. The van der Waals surface area contributed by atoms with E-state index in [1.165, 1.54) is 4.68 Å². The predicted molar refractivity (Wildman–Crippen MR) is 73.3 cm³/mol. The van der Waals surface area contributed by atoms with Gasteiger partial charge in [0.15, 0.2) is 5.69 Å². The number of hydrogen-bond acceptors (Lipinski definition) is 5. The molecule has 106 valence electrons. The van der Waals surface area contributed by atoms with Gasteiger partial charge in [-0.25, -0.2) is 9.48 Å². The maximum Gasteiger partial charge on any atom is 0.358 e. The number of carboxylic acids is 1. The van der Waals surface area contributed by atoms with Crippen LogP contribution in [-0.4, -0.2) is 39.3 Å². The molecule has 0 aliphatic carbocycles. The minimum Gasteiger partial charge on any atom is -0.476 e. The van der Waals surface area contributed by atoms with Gasteiger partial charge in [0, 0.05) is 18.4 Å². The maximum atomic E-state index is 11.3. The Bertz CT molecular complexity index is 607. The van der Waals surface area contributed by atoms with Crippen molar-refractivity contribution in [1.29, 1.82) is 0 Å². The first-order valence-electron chi connectivity index (χ1n) is 6.08. The number of aromatic nitrogens is 3. The molecule has 0 saturated heterocycles. The summed E-state index contributed by atoms with van der Waals surface area (Å²) in [4.78, 5) is 11.3. The number of carboxylic acid groups (broad SMARTS) is 1. The van der Waals surface area contributed by atoms with Gasteiger partial charge in [-0.2, -0.15) is 0 Å². The number of benzene rings is 1. The molecule has 1 aromatic carbocycles. The first-order valence-corrected chi connectivity index (χ1v) is 6.08. The van der Waals surface area contributed by atoms with Gasteiger partial charge in [-0.05, 0) is 19.1 Å². The van der Waals surface area contributed by atoms with E-state index in [4.69, 9.17) is 10.5 Å². The molecular weight excluding hydrogens is 260 g/mol. The van der Waals surface area contributed by atoms with E-state index in [0.29, 0.717) is 23.5 Å². The van der Waals surface area contributed by atoms with Crippen LogP contribution in [0.1, 0.15) is 17.4 Å². The molecule has 1 aromatic heterocycles. The third-order valence-corrected chi connectivity index (χ3v) is 2.95. The first-order chi connectivity index (χ1) is 9.52. The number of anilines is 1. The highest BCUT2D eigenvalue weighted by atomic mass is 16.5. The van der Waals surface area contributed by atoms with E-state index in [2.05, 4.69) is 10.3 Å². The molecule has 1 heterocycles. The molecule has 0 saturated carbocycles. The number of hydrogen-bond donors (Lipinski definition) is 2. The third kappa shape index (κ3) is 2.77. The second-order valence-electron chi connectivity index (χ2n) is 4.44. The largest absolute Gasteiger partial charge is 0.476 e. The molecular formula is C13H16N4O3. The minimum absolute atomic E-state index is 0.0851. The van der Waals surface area contributed by atoms with Gasteiger partial charge < -0.3 is 15.6 Å². The lowest BCUT2D eigenvalue weighted by molar-refractivity contribution is 0.0691. The van der Waals surface area contributed by atoms with Crippen LogP contribution in [0.4, 0.5) is 5.69 Å². The monoisotopic (exact) mass is 276 g/mol. The normalized spacial score (nSPS) is 12.3. The number of carbonyl (C=O) groups is 1. The summed E-state index contributed by atoms with van der Waals surface area (Å²) in [6.45, 7) is 2.28. The fourth-order valence-electron chi connectivity index (χ4n) is 1.83. The molecule has 2 rings (SSSR count). The number of aromatic carboxylic acids is 1. The quantitative estimate of drug-likeness (QED) is 0.797. The van der Waals surface area contributed by atoms with Crippen molar-refractivity contribution in [3.05, 3.63) is 30.0 Å². The van der Waals surface area contributed by atoms with Crippen LogP contribution in [0.15, 0.2) is 24.3 Å². The lowest BCUT2D eigenvalue weighted by Gasteiger charge is -2.12. The summed E-state index contributed by atoms with van der Waals surface area (Å²) in [5.41, 5.74) is 7.31. The molecule has 0 radical (unpaired) electrons. The number of rotatable bonds is 5. The zero-order valence-electron chi connectivity index (χ0n) is 11.3. The van der Waals surface area contributed by atoms with Crippen molar-refractivity contribution in [2.75, 3.05) is 12.8 Å².